The summed E-state index contributed by atoms with van der Waals surface area (Å²) < 4.78 is 25.4. The second kappa shape index (κ2) is 3.41. The number of benzene rings is 1. The van der Waals surface area contributed by atoms with Crippen LogP contribution in [0.1, 0.15) is 10.4 Å². The van der Waals surface area contributed by atoms with Crippen LogP contribution in [-0.2, 0) is 4.79 Å². The van der Waals surface area contributed by atoms with Gasteiger partial charge in [0.15, 0.2) is 17.4 Å². The van der Waals surface area contributed by atoms with Gasteiger partial charge in [-0.2, -0.15) is 0 Å². The minimum atomic E-state index is -1.88. The smallest absolute Gasteiger partial charge is 0.377 e. The standard InChI is InChI=1S/C8H4F2O4/c9-4-2-1-3(5(10)7(4)12)6(11)8(13)14/h1-2,12H,(H,13,14). The third-order valence-corrected chi connectivity index (χ3v) is 1.51. The Morgan fingerprint density at radius 3 is 2.29 bits per heavy atom. The van der Waals surface area contributed by atoms with Crippen LogP contribution in [0, 0.1) is 11.6 Å². The molecule has 0 unspecified atom stereocenters. The van der Waals surface area contributed by atoms with Crippen LogP contribution in [0.3, 0.4) is 0 Å². The molecule has 0 aliphatic carbocycles. The number of halogens is 2. The van der Waals surface area contributed by atoms with E-state index >= 15 is 0 Å². The molecule has 0 atom stereocenters. The predicted molar refractivity (Wildman–Crippen MR) is 40.0 cm³/mol. The van der Waals surface area contributed by atoms with Gasteiger partial charge in [0.2, 0.25) is 0 Å². The Morgan fingerprint density at radius 2 is 1.79 bits per heavy atom. The maximum atomic E-state index is 12.9. The zero-order chi connectivity index (χ0) is 10.9. The summed E-state index contributed by atoms with van der Waals surface area (Å²) in [4.78, 5) is 20.9. The molecule has 74 valence electrons. The summed E-state index contributed by atoms with van der Waals surface area (Å²) >= 11 is 0. The molecule has 0 radical (unpaired) electrons. The van der Waals surface area contributed by atoms with E-state index in [1.165, 1.54) is 0 Å². The van der Waals surface area contributed by atoms with Crippen molar-refractivity contribution in [1.82, 2.24) is 0 Å². The SMILES string of the molecule is O=C(O)C(=O)c1ccc(F)c(O)c1F. The van der Waals surface area contributed by atoms with E-state index in [4.69, 9.17) is 10.2 Å². The van der Waals surface area contributed by atoms with E-state index in [1.807, 2.05) is 0 Å². The van der Waals surface area contributed by atoms with Gasteiger partial charge in [0.25, 0.3) is 5.78 Å². The lowest BCUT2D eigenvalue weighted by Crippen LogP contribution is -2.14. The number of ketones is 1. The van der Waals surface area contributed by atoms with Crippen LogP contribution < -0.4 is 0 Å². The van der Waals surface area contributed by atoms with Crippen LogP contribution in [0.25, 0.3) is 0 Å². The van der Waals surface area contributed by atoms with Crippen molar-refractivity contribution >= 4 is 11.8 Å². The molecule has 0 bridgehead atoms. The van der Waals surface area contributed by atoms with Gasteiger partial charge in [-0.05, 0) is 12.1 Å². The molecule has 0 spiro atoms. The van der Waals surface area contributed by atoms with Crippen molar-refractivity contribution in [3.05, 3.63) is 29.3 Å². The molecule has 0 saturated carbocycles. The van der Waals surface area contributed by atoms with E-state index in [-0.39, 0.29) is 0 Å². The minimum Gasteiger partial charge on any atom is -0.503 e. The van der Waals surface area contributed by atoms with Gasteiger partial charge >= 0.3 is 5.97 Å². The number of Topliss-reactive ketones (excluding diaryl/α,β-unsaturated/α-hetero) is 1. The molecular weight excluding hydrogens is 198 g/mol. The van der Waals surface area contributed by atoms with E-state index in [0.717, 1.165) is 0 Å². The fourth-order valence-electron chi connectivity index (χ4n) is 0.832. The van der Waals surface area contributed by atoms with Crippen molar-refractivity contribution in [2.75, 3.05) is 0 Å². The van der Waals surface area contributed by atoms with Gasteiger partial charge in [-0.15, -0.1) is 0 Å². The average molecular weight is 202 g/mol. The number of hydrogen-bond acceptors (Lipinski definition) is 3. The Hall–Kier alpha value is -1.98. The number of carbonyl (C=O) groups excluding carboxylic acids is 1. The second-order valence-corrected chi connectivity index (χ2v) is 2.39. The second-order valence-electron chi connectivity index (χ2n) is 2.39. The largest absolute Gasteiger partial charge is 0.503 e. The van der Waals surface area contributed by atoms with Crippen LogP contribution in [-0.4, -0.2) is 22.0 Å². The fraction of sp³-hybridized carbons (Fsp3) is 0. The Balaban J connectivity index is 3.31. The highest BCUT2D eigenvalue weighted by atomic mass is 19.1. The number of phenolic OH excluding ortho intramolecular Hbond substituents is 1. The van der Waals surface area contributed by atoms with Gasteiger partial charge < -0.3 is 10.2 Å². The van der Waals surface area contributed by atoms with Crippen molar-refractivity contribution in [1.29, 1.82) is 0 Å². The van der Waals surface area contributed by atoms with Crippen LogP contribution in [0.15, 0.2) is 12.1 Å². The molecule has 0 amide bonds. The van der Waals surface area contributed by atoms with E-state index in [0.29, 0.717) is 12.1 Å². The summed E-state index contributed by atoms with van der Waals surface area (Å²) in [6, 6.07) is 1.26. The summed E-state index contributed by atoms with van der Waals surface area (Å²) in [5, 5.41) is 17.0. The number of aromatic hydroxyl groups is 1. The summed E-state index contributed by atoms with van der Waals surface area (Å²) in [5.41, 5.74) is -0.878. The van der Waals surface area contributed by atoms with Crippen molar-refractivity contribution in [2.24, 2.45) is 0 Å². The lowest BCUT2D eigenvalue weighted by molar-refractivity contribution is -0.131. The van der Waals surface area contributed by atoms with Gasteiger partial charge in [-0.3, -0.25) is 4.79 Å². The van der Waals surface area contributed by atoms with Gasteiger partial charge in [-0.25, -0.2) is 13.6 Å². The monoisotopic (exact) mass is 202 g/mol. The maximum Gasteiger partial charge on any atom is 0.377 e. The first kappa shape index (κ1) is 10.1. The quantitative estimate of drug-likeness (QED) is 0.552. The van der Waals surface area contributed by atoms with E-state index < -0.39 is 34.7 Å². The number of carboxylic acids is 1. The maximum absolute atomic E-state index is 12.9. The van der Waals surface area contributed by atoms with Crippen molar-refractivity contribution < 1.29 is 28.6 Å². The molecule has 4 nitrogen and oxygen atoms in total. The fourth-order valence-corrected chi connectivity index (χ4v) is 0.832. The van der Waals surface area contributed by atoms with Gasteiger partial charge in [0.1, 0.15) is 0 Å². The van der Waals surface area contributed by atoms with Crippen LogP contribution in [0.5, 0.6) is 5.75 Å². The van der Waals surface area contributed by atoms with Crippen molar-refractivity contribution in [3.8, 4) is 5.75 Å². The van der Waals surface area contributed by atoms with Crippen molar-refractivity contribution in [3.63, 3.8) is 0 Å². The van der Waals surface area contributed by atoms with Gasteiger partial charge in [0.05, 0.1) is 5.56 Å². The highest BCUT2D eigenvalue weighted by Gasteiger charge is 2.22. The summed E-state index contributed by atoms with van der Waals surface area (Å²) in [7, 11) is 0. The summed E-state index contributed by atoms with van der Waals surface area (Å²) in [5.74, 6) is -7.62. The Bertz CT molecular complexity index is 414. The van der Waals surface area contributed by atoms with Crippen LogP contribution >= 0.6 is 0 Å². The number of aliphatic carboxylic acids is 1. The van der Waals surface area contributed by atoms with E-state index in [2.05, 4.69) is 0 Å². The zero-order valence-corrected chi connectivity index (χ0v) is 6.62. The van der Waals surface area contributed by atoms with Crippen LogP contribution in [0.2, 0.25) is 0 Å². The molecule has 0 heterocycles. The molecule has 1 aromatic rings. The molecule has 6 heteroatoms. The third-order valence-electron chi connectivity index (χ3n) is 1.51. The first-order chi connectivity index (χ1) is 6.45. The number of phenols is 1. The van der Waals surface area contributed by atoms with Gasteiger partial charge in [-0.1, -0.05) is 0 Å². The molecular formula is C8H4F2O4. The van der Waals surface area contributed by atoms with E-state index in [9.17, 15) is 18.4 Å². The molecule has 0 fully saturated rings. The first-order valence-corrected chi connectivity index (χ1v) is 3.39. The predicted octanol–water partition coefficient (Wildman–Crippen LogP) is 0.938. The zero-order valence-electron chi connectivity index (χ0n) is 6.62. The molecule has 14 heavy (non-hydrogen) atoms. The normalized spacial score (nSPS) is 9.86. The minimum absolute atomic E-state index is 0.606. The van der Waals surface area contributed by atoms with Crippen LogP contribution in [0.4, 0.5) is 8.78 Å². The number of rotatable bonds is 2. The molecule has 0 aromatic heterocycles. The molecule has 0 saturated heterocycles. The Labute approximate surface area is 76.4 Å². The average Bonchev–Trinajstić information content (AvgIpc) is 2.13. The molecule has 0 aliphatic rings. The Kier molecular flexibility index (Phi) is 2.46. The first-order valence-electron chi connectivity index (χ1n) is 3.39. The van der Waals surface area contributed by atoms with E-state index in [1.54, 1.807) is 0 Å². The molecule has 2 N–H and O–H groups in total. The summed E-state index contributed by atoms with van der Waals surface area (Å²) in [6.45, 7) is 0. The highest BCUT2D eigenvalue weighted by Crippen LogP contribution is 2.23. The third kappa shape index (κ3) is 1.54. The van der Waals surface area contributed by atoms with Crippen molar-refractivity contribution in [2.45, 2.75) is 0 Å². The number of hydrogen-bond donors (Lipinski definition) is 2. The lowest BCUT2D eigenvalue weighted by Gasteiger charge is -2.01. The van der Waals surface area contributed by atoms with Gasteiger partial charge in [0, 0.05) is 0 Å². The summed E-state index contributed by atoms with van der Waals surface area (Å²) in [6.07, 6.45) is 0. The molecule has 1 aromatic carbocycles. The highest BCUT2D eigenvalue weighted by molar-refractivity contribution is 6.39. The lowest BCUT2D eigenvalue weighted by atomic mass is 10.1. The molecule has 0 aliphatic heterocycles. The molecule has 1 rings (SSSR count). The Morgan fingerprint density at radius 1 is 1.21 bits per heavy atom. The topological polar surface area (TPSA) is 74.6 Å². The number of carbonyl (C=O) groups is 2. The number of carboxylic acid groups (broad SMARTS) is 1.